The molecule has 0 unspecified atom stereocenters. The number of fused-ring (bicyclic) bond motifs is 1. The van der Waals surface area contributed by atoms with Crippen molar-refractivity contribution in [2.24, 2.45) is 5.73 Å². The smallest absolute Gasteiger partial charge is 0.364 e. The Morgan fingerprint density at radius 3 is 2.44 bits per heavy atom. The Morgan fingerprint density at radius 2 is 1.78 bits per heavy atom. The minimum absolute atomic E-state index is 0.0531. The van der Waals surface area contributed by atoms with Gasteiger partial charge in [0.2, 0.25) is 0 Å². The van der Waals surface area contributed by atoms with Crippen molar-refractivity contribution in [1.82, 2.24) is 14.8 Å². The number of Topliss-reactive ketones (excluding diaryl/α,β-unsaturated/α-hetero) is 1. The van der Waals surface area contributed by atoms with Crippen molar-refractivity contribution in [3.63, 3.8) is 0 Å². The zero-order valence-corrected chi connectivity index (χ0v) is 19.2. The molecule has 4 rings (SSSR count). The molecular weight excluding hydrogens is 475 g/mol. The maximum atomic E-state index is 13.9. The maximum absolute atomic E-state index is 13.9. The number of hydrogen-bond acceptors (Lipinski definition) is 5. The number of pyridine rings is 1. The lowest BCUT2D eigenvalue weighted by atomic mass is 10.1. The first-order valence-electron chi connectivity index (χ1n) is 10.7. The average Bonchev–Trinajstić information content (AvgIpc) is 3.13. The van der Waals surface area contributed by atoms with Gasteiger partial charge in [-0.3, -0.25) is 19.1 Å². The van der Waals surface area contributed by atoms with Crippen molar-refractivity contribution >= 4 is 34.2 Å². The summed E-state index contributed by atoms with van der Waals surface area (Å²) in [6, 6.07) is 14.0. The number of nitrogens with two attached hydrogens (primary N) is 1. The van der Waals surface area contributed by atoms with Crippen LogP contribution in [0, 0.1) is 6.92 Å². The van der Waals surface area contributed by atoms with Crippen LogP contribution in [0.25, 0.3) is 10.9 Å². The van der Waals surface area contributed by atoms with Gasteiger partial charge in [0.1, 0.15) is 5.69 Å². The molecule has 0 aliphatic heterocycles. The van der Waals surface area contributed by atoms with Gasteiger partial charge >= 0.3 is 6.18 Å². The SMILES string of the molecule is CC(=O)c1cccc(Cn2nc(C(F)(F)F)c(NC(=O)c3cc(C(N)=O)nc4ccccc34)c2C)c1. The van der Waals surface area contributed by atoms with Crippen molar-refractivity contribution in [3.8, 4) is 0 Å². The number of carbonyl (C=O) groups is 3. The van der Waals surface area contributed by atoms with Crippen LogP contribution in [0.3, 0.4) is 0 Å². The number of para-hydroxylation sites is 1. The number of nitrogens with one attached hydrogen (secondary N) is 1. The first-order valence-corrected chi connectivity index (χ1v) is 10.7. The molecule has 2 aromatic heterocycles. The number of alkyl halides is 3. The van der Waals surface area contributed by atoms with E-state index >= 15 is 0 Å². The van der Waals surface area contributed by atoms with Crippen molar-refractivity contribution in [1.29, 1.82) is 0 Å². The van der Waals surface area contributed by atoms with Crippen LogP contribution < -0.4 is 11.1 Å². The second-order valence-corrected chi connectivity index (χ2v) is 8.11. The molecule has 11 heteroatoms. The highest BCUT2D eigenvalue weighted by Gasteiger charge is 2.39. The van der Waals surface area contributed by atoms with E-state index in [4.69, 9.17) is 5.73 Å². The van der Waals surface area contributed by atoms with Crippen LogP contribution in [-0.4, -0.2) is 32.4 Å². The summed E-state index contributed by atoms with van der Waals surface area (Å²) >= 11 is 0. The summed E-state index contributed by atoms with van der Waals surface area (Å²) in [5.74, 6) is -1.96. The summed E-state index contributed by atoms with van der Waals surface area (Å²) in [6.07, 6.45) is -4.86. The van der Waals surface area contributed by atoms with Crippen molar-refractivity contribution in [2.75, 3.05) is 5.32 Å². The molecule has 4 aromatic rings. The summed E-state index contributed by atoms with van der Waals surface area (Å²) in [4.78, 5) is 40.7. The lowest BCUT2D eigenvalue weighted by Crippen LogP contribution is -2.19. The fourth-order valence-corrected chi connectivity index (χ4v) is 3.78. The first kappa shape index (κ1) is 24.6. The molecule has 2 amide bonds. The highest BCUT2D eigenvalue weighted by Crippen LogP contribution is 2.36. The monoisotopic (exact) mass is 495 g/mol. The van der Waals surface area contributed by atoms with E-state index in [9.17, 15) is 27.6 Å². The normalized spacial score (nSPS) is 11.5. The number of aromatic nitrogens is 3. The molecule has 0 aliphatic carbocycles. The maximum Gasteiger partial charge on any atom is 0.437 e. The Balaban J connectivity index is 1.76. The van der Waals surface area contributed by atoms with Gasteiger partial charge in [0, 0.05) is 10.9 Å². The van der Waals surface area contributed by atoms with E-state index < -0.39 is 29.4 Å². The molecule has 36 heavy (non-hydrogen) atoms. The van der Waals surface area contributed by atoms with Crippen molar-refractivity contribution in [3.05, 3.63) is 88.4 Å². The Labute approximate surface area is 202 Å². The largest absolute Gasteiger partial charge is 0.437 e. The molecule has 8 nitrogen and oxygen atoms in total. The third-order valence-electron chi connectivity index (χ3n) is 5.59. The van der Waals surface area contributed by atoms with Gasteiger partial charge in [-0.25, -0.2) is 4.98 Å². The summed E-state index contributed by atoms with van der Waals surface area (Å²) in [6.45, 7) is 2.72. The van der Waals surface area contributed by atoms with Gasteiger partial charge in [-0.15, -0.1) is 0 Å². The predicted molar refractivity (Wildman–Crippen MR) is 126 cm³/mol. The molecule has 2 aromatic carbocycles. The molecule has 0 spiro atoms. The van der Waals surface area contributed by atoms with Crippen LogP contribution in [0.2, 0.25) is 0 Å². The Bertz CT molecular complexity index is 1530. The van der Waals surface area contributed by atoms with E-state index in [0.717, 1.165) is 10.7 Å². The molecule has 0 bridgehead atoms. The van der Waals surface area contributed by atoms with Gasteiger partial charge < -0.3 is 11.1 Å². The molecule has 3 N–H and O–H groups in total. The molecule has 184 valence electrons. The molecule has 0 atom stereocenters. The number of anilines is 1. The van der Waals surface area contributed by atoms with Crippen LogP contribution >= 0.6 is 0 Å². The minimum Gasteiger partial charge on any atom is -0.364 e. The number of amides is 2. The number of rotatable bonds is 6. The Kier molecular flexibility index (Phi) is 6.32. The summed E-state index contributed by atoms with van der Waals surface area (Å²) < 4.78 is 42.8. The summed E-state index contributed by atoms with van der Waals surface area (Å²) in [7, 11) is 0. The van der Waals surface area contributed by atoms with Crippen molar-refractivity contribution < 1.29 is 27.6 Å². The zero-order valence-electron chi connectivity index (χ0n) is 19.2. The highest BCUT2D eigenvalue weighted by atomic mass is 19.4. The second kappa shape index (κ2) is 9.25. The van der Waals surface area contributed by atoms with E-state index in [-0.39, 0.29) is 34.8 Å². The van der Waals surface area contributed by atoms with Gasteiger partial charge in [-0.05, 0) is 37.6 Å². The highest BCUT2D eigenvalue weighted by molar-refractivity contribution is 6.14. The number of ketones is 1. The lowest BCUT2D eigenvalue weighted by molar-refractivity contribution is -0.140. The number of benzene rings is 2. The van der Waals surface area contributed by atoms with Crippen molar-refractivity contribution in [2.45, 2.75) is 26.6 Å². The van der Waals surface area contributed by atoms with Gasteiger partial charge in [-0.2, -0.15) is 18.3 Å². The number of halogens is 3. The Morgan fingerprint density at radius 1 is 1.06 bits per heavy atom. The molecule has 0 aliphatic rings. The first-order chi connectivity index (χ1) is 17.0. The average molecular weight is 495 g/mol. The van der Waals surface area contributed by atoms with Crippen LogP contribution in [0.1, 0.15) is 55.1 Å². The second-order valence-electron chi connectivity index (χ2n) is 8.11. The van der Waals surface area contributed by atoms with Gasteiger partial charge in [0.25, 0.3) is 11.8 Å². The number of nitrogens with zero attached hydrogens (tertiary/aromatic N) is 3. The fourth-order valence-electron chi connectivity index (χ4n) is 3.78. The van der Waals surface area contributed by atoms with E-state index in [2.05, 4.69) is 15.4 Å². The summed E-state index contributed by atoms with van der Waals surface area (Å²) in [5.41, 5.74) is 4.58. The molecule has 0 saturated heterocycles. The fraction of sp³-hybridized carbons (Fsp3) is 0.160. The zero-order chi connectivity index (χ0) is 26.2. The van der Waals surface area contributed by atoms with Crippen LogP contribution in [-0.2, 0) is 12.7 Å². The molecule has 0 radical (unpaired) electrons. The third-order valence-corrected chi connectivity index (χ3v) is 5.59. The molecular formula is C25H20F3N5O3. The minimum atomic E-state index is -4.86. The van der Waals surface area contributed by atoms with Gasteiger partial charge in [0.15, 0.2) is 11.5 Å². The van der Waals surface area contributed by atoms with Gasteiger partial charge in [0.05, 0.1) is 29.0 Å². The number of hydrogen-bond donors (Lipinski definition) is 2. The topological polar surface area (TPSA) is 120 Å². The van der Waals surface area contributed by atoms with E-state index in [1.807, 2.05) is 0 Å². The number of primary amides is 1. The molecule has 0 fully saturated rings. The molecule has 2 heterocycles. The van der Waals surface area contributed by atoms with Crippen LogP contribution in [0.5, 0.6) is 0 Å². The van der Waals surface area contributed by atoms with Crippen LogP contribution in [0.15, 0.2) is 54.6 Å². The standard InChI is InChI=1S/C25H20F3N5O3/c1-13-21(31-24(36)18-11-20(23(29)35)30-19-9-4-3-8-17(18)19)22(25(26,27)28)32-33(13)12-15-6-5-7-16(10-15)14(2)34/h3-11H,12H2,1-2H3,(H2,29,35)(H,31,36). The predicted octanol–water partition coefficient (Wildman–Crippen LogP) is 4.36. The van der Waals surface area contributed by atoms with E-state index in [1.165, 1.54) is 13.8 Å². The third kappa shape index (κ3) is 4.81. The number of carbonyl (C=O) groups excluding carboxylic acids is 3. The van der Waals surface area contributed by atoms with E-state index in [1.54, 1.807) is 48.5 Å². The quantitative estimate of drug-likeness (QED) is 0.385. The van der Waals surface area contributed by atoms with E-state index in [0.29, 0.717) is 16.5 Å². The van der Waals surface area contributed by atoms with Gasteiger partial charge in [-0.1, -0.05) is 36.4 Å². The lowest BCUT2D eigenvalue weighted by Gasteiger charge is -2.11. The summed E-state index contributed by atoms with van der Waals surface area (Å²) in [5, 5.41) is 6.36. The molecule has 0 saturated carbocycles. The van der Waals surface area contributed by atoms with Crippen LogP contribution in [0.4, 0.5) is 18.9 Å². The Hall–Kier alpha value is -4.54.